The number of fused-ring (bicyclic) bond motifs is 2. The highest BCUT2D eigenvalue weighted by Crippen LogP contribution is 2.52. The van der Waals surface area contributed by atoms with Crippen LogP contribution in [0.3, 0.4) is 0 Å². The maximum absolute atomic E-state index is 12.7. The van der Waals surface area contributed by atoms with Crippen molar-refractivity contribution in [1.29, 1.82) is 0 Å². The average Bonchev–Trinajstić information content (AvgIpc) is 3.50. The molecule has 1 atom stereocenters. The zero-order valence-corrected chi connectivity index (χ0v) is 38.4. The van der Waals surface area contributed by atoms with Crippen LogP contribution in [-0.2, 0) is 62.2 Å². The summed E-state index contributed by atoms with van der Waals surface area (Å²) in [7, 11) is -17.3. The molecule has 2 aliphatic rings. The first-order valence-corrected chi connectivity index (χ1v) is 26.4. The molecule has 1 unspecified atom stereocenters. The van der Waals surface area contributed by atoms with Crippen LogP contribution in [0.15, 0.2) is 100 Å². The second-order valence-electron chi connectivity index (χ2n) is 16.9. The molecule has 0 spiro atoms. The van der Waals surface area contributed by atoms with Crippen molar-refractivity contribution >= 4 is 63.1 Å². The molecule has 1 aliphatic heterocycles. The Hall–Kier alpha value is -4.30. The minimum absolute atomic E-state index is 0.0627. The van der Waals surface area contributed by atoms with E-state index in [0.717, 1.165) is 39.8 Å². The predicted molar refractivity (Wildman–Crippen MR) is 232 cm³/mol. The van der Waals surface area contributed by atoms with E-state index in [4.69, 9.17) is 0 Å². The van der Waals surface area contributed by atoms with Crippen molar-refractivity contribution in [3.05, 3.63) is 118 Å². The Morgan fingerprint density at radius 3 is 1.94 bits per heavy atom. The van der Waals surface area contributed by atoms with Crippen LogP contribution < -0.4 is 0 Å². The largest absolute Gasteiger partial charge is 0.748 e. The van der Waals surface area contributed by atoms with Crippen molar-refractivity contribution in [1.82, 2.24) is 0 Å². The Morgan fingerprint density at radius 2 is 1.35 bits per heavy atom. The van der Waals surface area contributed by atoms with Crippen LogP contribution in [-0.4, -0.2) is 93.0 Å². The molecule has 14 nitrogen and oxygen atoms in total. The lowest BCUT2D eigenvalue weighted by Crippen LogP contribution is -2.28. The molecule has 0 bridgehead atoms. The Labute approximate surface area is 365 Å². The number of allylic oxidation sites excluding steroid dienone is 6. The van der Waals surface area contributed by atoms with Crippen molar-refractivity contribution < 1.29 is 61.8 Å². The molecule has 1 N–H and O–H groups in total. The zero-order chi connectivity index (χ0) is 46.1. The fourth-order valence-electron chi connectivity index (χ4n) is 8.47. The summed E-state index contributed by atoms with van der Waals surface area (Å²) < 4.78 is 132. The number of nitrogens with zero attached hydrogens (tertiary/aromatic N) is 1. The zero-order valence-electron chi connectivity index (χ0n) is 35.2. The summed E-state index contributed by atoms with van der Waals surface area (Å²) in [6.45, 7) is 8.14. The second-order valence-corrected chi connectivity index (χ2v) is 23.3. The van der Waals surface area contributed by atoms with Crippen LogP contribution in [0.5, 0.6) is 0 Å². The van der Waals surface area contributed by atoms with Gasteiger partial charge in [0.05, 0.1) is 35.4 Å². The third-order valence-corrected chi connectivity index (χ3v) is 15.2. The molecule has 1 heterocycles. The highest BCUT2D eigenvalue weighted by Gasteiger charge is 2.45. The summed E-state index contributed by atoms with van der Waals surface area (Å²) in [4.78, 5) is 11.0. The van der Waals surface area contributed by atoms with Gasteiger partial charge in [-0.1, -0.05) is 68.3 Å². The first-order valence-electron chi connectivity index (χ1n) is 20.0. The summed E-state index contributed by atoms with van der Waals surface area (Å²) in [6, 6.07) is 16.5. The van der Waals surface area contributed by atoms with Gasteiger partial charge in [0.2, 0.25) is 5.69 Å². The van der Waals surface area contributed by atoms with Gasteiger partial charge in [-0.05, 0) is 97.7 Å². The van der Waals surface area contributed by atoms with E-state index < -0.39 is 79.3 Å². The molecule has 1 aliphatic carbocycles. The van der Waals surface area contributed by atoms with Crippen LogP contribution >= 0.6 is 0 Å². The second kappa shape index (κ2) is 18.4. The monoisotopic (exact) mass is 929 g/mol. The van der Waals surface area contributed by atoms with Gasteiger partial charge in [0.1, 0.15) is 16.7 Å². The molecule has 336 valence electrons. The normalized spacial score (nSPS) is 18.4. The molecule has 0 radical (unpaired) electrons. The Morgan fingerprint density at radius 1 is 0.758 bits per heavy atom. The molecule has 0 amide bonds. The quantitative estimate of drug-likeness (QED) is 0.0622. The van der Waals surface area contributed by atoms with Crippen molar-refractivity contribution in [2.75, 3.05) is 24.3 Å². The fourth-order valence-corrected chi connectivity index (χ4v) is 10.7. The van der Waals surface area contributed by atoms with Crippen molar-refractivity contribution in [3.8, 4) is 0 Å². The lowest BCUT2D eigenvalue weighted by atomic mass is 9.79. The molecule has 0 aromatic heterocycles. The van der Waals surface area contributed by atoms with Crippen LogP contribution in [0.4, 0.5) is 5.69 Å². The van der Waals surface area contributed by atoms with E-state index in [9.17, 15) is 57.2 Å². The van der Waals surface area contributed by atoms with Gasteiger partial charge in [0, 0.05) is 59.6 Å². The Balaban J connectivity index is 1.68. The molecule has 3 aromatic carbocycles. The van der Waals surface area contributed by atoms with Gasteiger partial charge in [0.25, 0.3) is 0 Å². The van der Waals surface area contributed by atoms with Crippen LogP contribution in [0.25, 0.3) is 5.57 Å². The van der Waals surface area contributed by atoms with Crippen LogP contribution in [0.1, 0.15) is 100.0 Å². The van der Waals surface area contributed by atoms with Crippen molar-refractivity contribution in [2.45, 2.75) is 99.2 Å². The summed E-state index contributed by atoms with van der Waals surface area (Å²) in [5, 5.41) is 9.25. The third kappa shape index (κ3) is 11.8. The minimum atomic E-state index is -4.82. The van der Waals surface area contributed by atoms with Gasteiger partial charge in [-0.2, -0.15) is 4.58 Å². The standard InChI is InChI=1S/C44H53NO13S4/c1-43(2)37(35(10-6-8-26-60(50,51)52)36-28-34(62(56,57)58)19-21-38(36)43)20-16-32(31-14-11-30(12-15-31)13-24-42(46)47)17-23-41-44(3,4)39-22-18-33(59(5,48)49)29-40(39)45(41)25-7-9-27-61(53,54)55/h11-12,14-23,28-29,35H,6-10,13,24-27H2,1-5H3,(H3-,46,47,50,51,52,53,54,55,56,57,58)/p-2/b23-17+,32-16-,37-20+. The molecule has 0 saturated heterocycles. The minimum Gasteiger partial charge on any atom is -0.748 e. The van der Waals surface area contributed by atoms with E-state index in [2.05, 4.69) is 0 Å². The van der Waals surface area contributed by atoms with Gasteiger partial charge in [-0.3, -0.25) is 4.79 Å². The number of hydrogen-bond donors (Lipinski definition) is 1. The number of benzene rings is 3. The average molecular weight is 930 g/mol. The molecule has 3 aromatic rings. The highest BCUT2D eigenvalue weighted by atomic mass is 32.2. The topological polar surface area (TPSA) is 246 Å². The Bertz CT molecular complexity index is 2820. The van der Waals surface area contributed by atoms with E-state index in [1.807, 2.05) is 80.8 Å². The predicted octanol–water partition coefficient (Wildman–Crippen LogP) is 6.07. The maximum Gasteiger partial charge on any atom is 0.303 e. The lowest BCUT2D eigenvalue weighted by molar-refractivity contribution is -0.438. The number of carboxylic acids is 1. The van der Waals surface area contributed by atoms with Gasteiger partial charge in [0.15, 0.2) is 15.5 Å². The number of rotatable bonds is 19. The molecule has 0 saturated carbocycles. The van der Waals surface area contributed by atoms with E-state index in [0.29, 0.717) is 42.5 Å². The molecule has 0 fully saturated rings. The van der Waals surface area contributed by atoms with Gasteiger partial charge >= 0.3 is 5.97 Å². The van der Waals surface area contributed by atoms with E-state index in [1.54, 1.807) is 24.3 Å². The van der Waals surface area contributed by atoms with Gasteiger partial charge < -0.3 is 18.8 Å². The Kier molecular flexibility index (Phi) is 14.5. The fraction of sp³-hybridized carbons (Fsp3) is 0.409. The smallest absolute Gasteiger partial charge is 0.303 e. The lowest BCUT2D eigenvalue weighted by Gasteiger charge is -2.24. The summed E-state index contributed by atoms with van der Waals surface area (Å²) in [6.07, 6.45) is 10.0. The number of sulfone groups is 1. The SMILES string of the molecule is CC1(C)C(/C=C/C(=C/C=C2\C(CCCCS(=O)(=O)[O-])c3cc(S(=O)(=O)[O-])ccc3C2(C)C)c2ccc(CCC(=O)O)cc2)=[N+](CCCCS(=O)(=O)[O-])c2cc(S(C)(=O)=O)ccc21. The summed E-state index contributed by atoms with van der Waals surface area (Å²) in [5.74, 6) is -2.51. The van der Waals surface area contributed by atoms with E-state index in [1.165, 1.54) is 12.1 Å². The molecule has 5 rings (SSSR count). The van der Waals surface area contributed by atoms with Crippen molar-refractivity contribution in [3.63, 3.8) is 0 Å². The van der Waals surface area contributed by atoms with Gasteiger partial charge in [-0.15, -0.1) is 0 Å². The highest BCUT2D eigenvalue weighted by molar-refractivity contribution is 7.90. The van der Waals surface area contributed by atoms with Crippen LogP contribution in [0, 0.1) is 0 Å². The summed E-state index contributed by atoms with van der Waals surface area (Å²) >= 11 is 0. The molecule has 62 heavy (non-hydrogen) atoms. The van der Waals surface area contributed by atoms with Crippen LogP contribution in [0.2, 0.25) is 0 Å². The number of carbonyl (C=O) groups is 1. The maximum atomic E-state index is 12.7. The number of aliphatic carboxylic acids is 1. The third-order valence-electron chi connectivity index (χ3n) is 11.7. The van der Waals surface area contributed by atoms with Gasteiger partial charge in [-0.25, -0.2) is 33.7 Å². The first-order chi connectivity index (χ1) is 28.6. The number of hydrogen-bond acceptors (Lipinski definition) is 12. The first kappa shape index (κ1) is 48.7. The van der Waals surface area contributed by atoms with E-state index in [-0.39, 0.29) is 30.7 Å². The molecule has 18 heteroatoms. The number of unbranched alkanes of at least 4 members (excludes halogenated alkanes) is 2. The number of carboxylic acid groups (broad SMARTS) is 1. The summed E-state index contributed by atoms with van der Waals surface area (Å²) in [5.41, 5.74) is 5.26. The van der Waals surface area contributed by atoms with E-state index >= 15 is 0 Å². The molecular weight excluding hydrogens is 879 g/mol. The molecular formula is C44H51NO13S4-2. The number of aryl methyl sites for hydroxylation is 1. The van der Waals surface area contributed by atoms with Crippen molar-refractivity contribution in [2.24, 2.45) is 0 Å².